The maximum Gasteiger partial charge on any atom is 0.268 e. The molecule has 0 fully saturated rings. The van der Waals surface area contributed by atoms with E-state index < -0.39 is 5.82 Å². The van der Waals surface area contributed by atoms with Gasteiger partial charge < -0.3 is 0 Å². The van der Waals surface area contributed by atoms with Gasteiger partial charge in [0.1, 0.15) is 5.82 Å². The van der Waals surface area contributed by atoms with Gasteiger partial charge in [-0.1, -0.05) is 65.3 Å². The first kappa shape index (κ1) is 20.4. The van der Waals surface area contributed by atoms with Crippen LogP contribution in [-0.2, 0) is 16.1 Å². The summed E-state index contributed by atoms with van der Waals surface area (Å²) in [6, 6.07) is 20.3. The maximum atomic E-state index is 13.4. The van der Waals surface area contributed by atoms with Crippen molar-refractivity contribution in [2.75, 3.05) is 0 Å². The minimum atomic E-state index is -0.403. The number of carbonyl (C=O) groups is 2. The van der Waals surface area contributed by atoms with Gasteiger partial charge in [0, 0.05) is 9.92 Å². The van der Waals surface area contributed by atoms with E-state index in [0.29, 0.717) is 15.5 Å². The van der Waals surface area contributed by atoms with Gasteiger partial charge in [-0.3, -0.25) is 14.5 Å². The minimum absolute atomic E-state index is 0.174. The number of amides is 2. The van der Waals surface area contributed by atoms with Gasteiger partial charge in [-0.05, 0) is 54.4 Å². The minimum Gasteiger partial charge on any atom is -0.269 e. The van der Waals surface area contributed by atoms with E-state index in [0.717, 1.165) is 16.0 Å². The smallest absolute Gasteiger partial charge is 0.268 e. The highest BCUT2D eigenvalue weighted by molar-refractivity contribution is 8.04. The molecule has 4 rings (SSSR count). The normalized spacial score (nSPS) is 14.0. The Morgan fingerprint density at radius 3 is 2.13 bits per heavy atom. The Hall–Kier alpha value is -2.89. The van der Waals surface area contributed by atoms with E-state index in [9.17, 15) is 14.0 Å². The molecular weight excluding hydrogens is 421 g/mol. The molecule has 0 aliphatic carbocycles. The number of imide groups is 1. The molecule has 30 heavy (non-hydrogen) atoms. The van der Waals surface area contributed by atoms with Crippen LogP contribution in [0.1, 0.15) is 16.7 Å². The molecule has 0 atom stereocenters. The number of hydrogen-bond acceptors (Lipinski definition) is 3. The van der Waals surface area contributed by atoms with Crippen molar-refractivity contribution in [1.82, 2.24) is 4.90 Å². The van der Waals surface area contributed by atoms with E-state index in [1.54, 1.807) is 24.3 Å². The van der Waals surface area contributed by atoms with Crippen molar-refractivity contribution in [2.24, 2.45) is 0 Å². The average molecular weight is 438 g/mol. The Morgan fingerprint density at radius 2 is 1.50 bits per heavy atom. The molecule has 0 bridgehead atoms. The van der Waals surface area contributed by atoms with E-state index in [4.69, 9.17) is 11.6 Å². The SMILES string of the molecule is Cc1ccc(CN2C(=O)C(Sc3ccc(Cl)cc3)=C(c3ccc(F)cc3)C2=O)cc1. The number of aryl methyl sites for hydroxylation is 1. The molecule has 0 saturated heterocycles. The molecular formula is C24H17ClFNO2S. The fourth-order valence-corrected chi connectivity index (χ4v) is 4.30. The third-order valence-corrected chi connectivity index (χ3v) is 6.10. The van der Waals surface area contributed by atoms with Crippen molar-refractivity contribution in [3.05, 3.63) is 105 Å². The summed E-state index contributed by atoms with van der Waals surface area (Å²) in [6.45, 7) is 2.15. The molecule has 0 radical (unpaired) electrons. The number of thioether (sulfide) groups is 1. The largest absolute Gasteiger partial charge is 0.269 e. The topological polar surface area (TPSA) is 37.4 Å². The first-order valence-electron chi connectivity index (χ1n) is 9.28. The summed E-state index contributed by atoms with van der Waals surface area (Å²) in [5.74, 6) is -1.15. The number of carbonyl (C=O) groups excluding carboxylic acids is 2. The van der Waals surface area contributed by atoms with Crippen LogP contribution in [0.3, 0.4) is 0 Å². The highest BCUT2D eigenvalue weighted by Gasteiger charge is 2.39. The number of hydrogen-bond donors (Lipinski definition) is 0. The Balaban J connectivity index is 1.72. The lowest BCUT2D eigenvalue weighted by atomic mass is 10.1. The molecule has 3 aromatic carbocycles. The van der Waals surface area contributed by atoms with E-state index in [1.165, 1.54) is 40.9 Å². The molecule has 1 aliphatic heterocycles. The van der Waals surface area contributed by atoms with Crippen molar-refractivity contribution >= 4 is 40.8 Å². The fourth-order valence-electron chi connectivity index (χ4n) is 3.16. The first-order chi connectivity index (χ1) is 14.4. The van der Waals surface area contributed by atoms with Gasteiger partial charge in [-0.15, -0.1) is 0 Å². The number of halogens is 2. The summed E-state index contributed by atoms with van der Waals surface area (Å²) in [4.78, 5) is 28.8. The second kappa shape index (κ2) is 8.46. The second-order valence-corrected chi connectivity index (χ2v) is 8.47. The molecule has 150 valence electrons. The van der Waals surface area contributed by atoms with Crippen LogP contribution in [0.4, 0.5) is 4.39 Å². The summed E-state index contributed by atoms with van der Waals surface area (Å²) >= 11 is 7.17. The number of benzene rings is 3. The van der Waals surface area contributed by atoms with Crippen LogP contribution in [0.2, 0.25) is 5.02 Å². The molecule has 3 aromatic rings. The lowest BCUT2D eigenvalue weighted by Crippen LogP contribution is -2.30. The predicted molar refractivity (Wildman–Crippen MR) is 117 cm³/mol. The Labute approximate surface area is 183 Å². The van der Waals surface area contributed by atoms with E-state index in [1.807, 2.05) is 31.2 Å². The van der Waals surface area contributed by atoms with Crippen LogP contribution in [0.5, 0.6) is 0 Å². The molecule has 0 spiro atoms. The first-order valence-corrected chi connectivity index (χ1v) is 10.5. The van der Waals surface area contributed by atoms with Gasteiger partial charge in [0.25, 0.3) is 11.8 Å². The van der Waals surface area contributed by atoms with E-state index in [2.05, 4.69) is 0 Å². The molecule has 1 aliphatic rings. The summed E-state index contributed by atoms with van der Waals surface area (Å²) < 4.78 is 13.4. The lowest BCUT2D eigenvalue weighted by molar-refractivity contribution is -0.137. The van der Waals surface area contributed by atoms with Gasteiger partial charge in [0.2, 0.25) is 0 Å². The molecule has 3 nitrogen and oxygen atoms in total. The molecule has 6 heteroatoms. The van der Waals surface area contributed by atoms with Crippen LogP contribution in [0.25, 0.3) is 5.57 Å². The van der Waals surface area contributed by atoms with Crippen molar-refractivity contribution < 1.29 is 14.0 Å². The zero-order valence-corrected chi connectivity index (χ0v) is 17.6. The molecule has 0 N–H and O–H groups in total. The summed E-state index contributed by atoms with van der Waals surface area (Å²) in [6.07, 6.45) is 0. The van der Waals surface area contributed by atoms with Gasteiger partial charge >= 0.3 is 0 Å². The quantitative estimate of drug-likeness (QED) is 0.469. The number of nitrogens with zero attached hydrogens (tertiary/aromatic N) is 1. The Kier molecular flexibility index (Phi) is 5.75. The third kappa shape index (κ3) is 4.18. The lowest BCUT2D eigenvalue weighted by Gasteiger charge is -2.15. The zero-order valence-electron chi connectivity index (χ0n) is 16.1. The van der Waals surface area contributed by atoms with Gasteiger partial charge in [0.15, 0.2) is 0 Å². The van der Waals surface area contributed by atoms with E-state index in [-0.39, 0.29) is 23.9 Å². The van der Waals surface area contributed by atoms with Gasteiger partial charge in [0.05, 0.1) is 17.0 Å². The molecule has 2 amide bonds. The third-order valence-electron chi connectivity index (χ3n) is 4.75. The average Bonchev–Trinajstić information content (AvgIpc) is 2.96. The summed E-state index contributed by atoms with van der Waals surface area (Å²) in [5, 5.41) is 0.585. The Morgan fingerprint density at radius 1 is 0.867 bits per heavy atom. The van der Waals surface area contributed by atoms with Gasteiger partial charge in [-0.25, -0.2) is 4.39 Å². The standard InChI is InChI=1S/C24H17ClFNO2S/c1-15-2-4-16(5-3-15)14-27-23(28)21(17-6-10-19(26)11-7-17)22(24(27)29)30-20-12-8-18(25)9-13-20/h2-13H,14H2,1H3. The molecule has 1 heterocycles. The Bertz CT molecular complexity index is 1140. The molecule has 0 saturated carbocycles. The monoisotopic (exact) mass is 437 g/mol. The van der Waals surface area contributed by atoms with Crippen molar-refractivity contribution in [1.29, 1.82) is 0 Å². The fraction of sp³-hybridized carbons (Fsp3) is 0.0833. The van der Waals surface area contributed by atoms with Crippen molar-refractivity contribution in [3.8, 4) is 0 Å². The van der Waals surface area contributed by atoms with Crippen molar-refractivity contribution in [3.63, 3.8) is 0 Å². The van der Waals surface area contributed by atoms with Crippen LogP contribution in [0, 0.1) is 12.7 Å². The van der Waals surface area contributed by atoms with E-state index >= 15 is 0 Å². The second-order valence-electron chi connectivity index (χ2n) is 6.95. The van der Waals surface area contributed by atoms with Gasteiger partial charge in [-0.2, -0.15) is 0 Å². The summed E-state index contributed by atoms with van der Waals surface area (Å²) in [5.41, 5.74) is 2.75. The van der Waals surface area contributed by atoms with Crippen LogP contribution in [-0.4, -0.2) is 16.7 Å². The molecule has 0 aromatic heterocycles. The van der Waals surface area contributed by atoms with Crippen molar-refractivity contribution in [2.45, 2.75) is 18.4 Å². The summed E-state index contributed by atoms with van der Waals surface area (Å²) in [7, 11) is 0. The van der Waals surface area contributed by atoms with Crippen LogP contribution < -0.4 is 0 Å². The predicted octanol–water partition coefficient (Wildman–Crippen LogP) is 5.86. The molecule has 0 unspecified atom stereocenters. The highest BCUT2D eigenvalue weighted by atomic mass is 35.5. The number of rotatable bonds is 5. The highest BCUT2D eigenvalue weighted by Crippen LogP contribution is 2.40. The zero-order chi connectivity index (χ0) is 21.3. The van der Waals surface area contributed by atoms with Crippen LogP contribution in [0.15, 0.2) is 82.6 Å². The van der Waals surface area contributed by atoms with Crippen LogP contribution >= 0.6 is 23.4 Å². The maximum absolute atomic E-state index is 13.4.